The van der Waals surface area contributed by atoms with Crippen LogP contribution in [0.5, 0.6) is 0 Å². The maximum absolute atomic E-state index is 12.7. The molecule has 21 heavy (non-hydrogen) atoms. The zero-order valence-corrected chi connectivity index (χ0v) is 11.8. The molecule has 0 saturated carbocycles. The summed E-state index contributed by atoms with van der Waals surface area (Å²) in [5.41, 5.74) is 0. The van der Waals surface area contributed by atoms with Crippen molar-refractivity contribution in [2.75, 3.05) is 6.54 Å². The van der Waals surface area contributed by atoms with Gasteiger partial charge in [0, 0.05) is 0 Å². The molecular formula is C9H10F4N2O4S2. The Morgan fingerprint density at radius 2 is 1.67 bits per heavy atom. The Bertz CT molecular complexity index is 719. The molecule has 0 aliphatic rings. The van der Waals surface area contributed by atoms with Crippen molar-refractivity contribution in [2.24, 2.45) is 5.14 Å². The summed E-state index contributed by atoms with van der Waals surface area (Å²) in [4.78, 5) is -1.26. The Hall–Kier alpha value is -1.24. The molecule has 0 heterocycles. The van der Waals surface area contributed by atoms with Gasteiger partial charge in [-0.3, -0.25) is 0 Å². The standard InChI is InChI=1S/C9H10F4N2O4S2/c10-8(11)9(12,13)5-15-21(18,19)7-3-1-2-6(4-7)20(14,16)17/h1-4,8,15H,5H2,(H2,14,16,17). The van der Waals surface area contributed by atoms with Gasteiger partial charge < -0.3 is 0 Å². The number of alkyl halides is 4. The fraction of sp³-hybridized carbons (Fsp3) is 0.333. The second-order valence-corrected chi connectivity index (χ2v) is 7.23. The number of benzene rings is 1. The lowest BCUT2D eigenvalue weighted by Gasteiger charge is -2.16. The Morgan fingerprint density at radius 1 is 1.14 bits per heavy atom. The van der Waals surface area contributed by atoms with Gasteiger partial charge in [0.15, 0.2) is 0 Å². The first-order valence-corrected chi connectivity index (χ1v) is 8.18. The molecule has 1 aromatic carbocycles. The number of hydrogen-bond acceptors (Lipinski definition) is 4. The van der Waals surface area contributed by atoms with Crippen LogP contribution in [-0.2, 0) is 20.0 Å². The lowest BCUT2D eigenvalue weighted by molar-refractivity contribution is -0.122. The third-order valence-corrected chi connectivity index (χ3v) is 4.57. The third kappa shape index (κ3) is 4.62. The van der Waals surface area contributed by atoms with Crippen molar-refractivity contribution in [1.82, 2.24) is 4.72 Å². The first-order chi connectivity index (χ1) is 9.36. The molecule has 0 saturated heterocycles. The number of primary sulfonamides is 1. The molecule has 12 heteroatoms. The number of halogens is 4. The van der Waals surface area contributed by atoms with Crippen LogP contribution >= 0.6 is 0 Å². The molecule has 3 N–H and O–H groups in total. The van der Waals surface area contributed by atoms with Crippen molar-refractivity contribution < 1.29 is 34.4 Å². The molecule has 1 rings (SSSR count). The van der Waals surface area contributed by atoms with Crippen LogP contribution in [0, 0.1) is 0 Å². The van der Waals surface area contributed by atoms with E-state index >= 15 is 0 Å². The predicted octanol–water partition coefficient (Wildman–Crippen LogP) is 0.513. The average Bonchev–Trinajstić information content (AvgIpc) is 2.36. The molecule has 0 unspecified atom stereocenters. The van der Waals surface area contributed by atoms with E-state index in [1.54, 1.807) is 0 Å². The minimum absolute atomic E-state index is 0.564. The van der Waals surface area contributed by atoms with E-state index in [1.165, 1.54) is 4.72 Å². The van der Waals surface area contributed by atoms with Crippen molar-refractivity contribution in [2.45, 2.75) is 22.1 Å². The maximum Gasteiger partial charge on any atom is 0.320 e. The molecule has 6 nitrogen and oxygen atoms in total. The molecule has 120 valence electrons. The molecule has 0 spiro atoms. The highest BCUT2D eigenvalue weighted by atomic mass is 32.2. The molecule has 0 aliphatic heterocycles. The van der Waals surface area contributed by atoms with Crippen molar-refractivity contribution in [1.29, 1.82) is 0 Å². The molecule has 0 radical (unpaired) electrons. The van der Waals surface area contributed by atoms with Gasteiger partial charge in [-0.05, 0) is 18.2 Å². The van der Waals surface area contributed by atoms with Gasteiger partial charge in [0.1, 0.15) is 0 Å². The lowest BCUT2D eigenvalue weighted by Crippen LogP contribution is -2.41. The van der Waals surface area contributed by atoms with E-state index < -0.39 is 48.7 Å². The molecule has 0 aromatic heterocycles. The smallest absolute Gasteiger partial charge is 0.225 e. The Morgan fingerprint density at radius 3 is 2.14 bits per heavy atom. The molecule has 0 amide bonds. The fourth-order valence-electron chi connectivity index (χ4n) is 1.17. The van der Waals surface area contributed by atoms with Crippen LogP contribution in [0.15, 0.2) is 34.1 Å². The van der Waals surface area contributed by atoms with Gasteiger partial charge >= 0.3 is 12.3 Å². The Labute approximate surface area is 118 Å². The predicted molar refractivity (Wildman–Crippen MR) is 64.0 cm³/mol. The summed E-state index contributed by atoms with van der Waals surface area (Å²) in [5, 5.41) is 4.79. The van der Waals surface area contributed by atoms with Gasteiger partial charge in [-0.15, -0.1) is 0 Å². The monoisotopic (exact) mass is 350 g/mol. The van der Waals surface area contributed by atoms with Gasteiger partial charge in [-0.1, -0.05) is 6.07 Å². The molecular weight excluding hydrogens is 340 g/mol. The van der Waals surface area contributed by atoms with Crippen LogP contribution < -0.4 is 9.86 Å². The topological polar surface area (TPSA) is 106 Å². The SMILES string of the molecule is NS(=O)(=O)c1cccc(S(=O)(=O)NCC(F)(F)C(F)F)c1. The van der Waals surface area contributed by atoms with Gasteiger partial charge in [-0.25, -0.2) is 35.5 Å². The summed E-state index contributed by atoms with van der Waals surface area (Å²) in [6, 6.07) is 3.53. The van der Waals surface area contributed by atoms with E-state index in [0.29, 0.717) is 6.07 Å². The second-order valence-electron chi connectivity index (χ2n) is 3.91. The van der Waals surface area contributed by atoms with Crippen LogP contribution in [0.3, 0.4) is 0 Å². The van der Waals surface area contributed by atoms with E-state index in [4.69, 9.17) is 5.14 Å². The zero-order valence-electron chi connectivity index (χ0n) is 10.1. The van der Waals surface area contributed by atoms with Gasteiger partial charge in [-0.2, -0.15) is 8.78 Å². The van der Waals surface area contributed by atoms with Crippen molar-refractivity contribution in [3.63, 3.8) is 0 Å². The van der Waals surface area contributed by atoms with E-state index in [-0.39, 0.29) is 0 Å². The molecule has 0 fully saturated rings. The normalized spacial score (nSPS) is 13.6. The number of rotatable bonds is 6. The second kappa shape index (κ2) is 5.87. The van der Waals surface area contributed by atoms with Crippen LogP contribution in [0.2, 0.25) is 0 Å². The minimum atomic E-state index is -4.59. The van der Waals surface area contributed by atoms with E-state index in [9.17, 15) is 34.4 Å². The van der Waals surface area contributed by atoms with Crippen LogP contribution in [0.4, 0.5) is 17.6 Å². The van der Waals surface area contributed by atoms with E-state index in [1.807, 2.05) is 0 Å². The van der Waals surface area contributed by atoms with Gasteiger partial charge in [0.2, 0.25) is 20.0 Å². The van der Waals surface area contributed by atoms with Crippen LogP contribution in [-0.4, -0.2) is 35.7 Å². The molecule has 0 bridgehead atoms. The summed E-state index contributed by atoms with van der Waals surface area (Å²) in [6.45, 7) is -1.83. The number of nitrogens with one attached hydrogen (secondary N) is 1. The highest BCUT2D eigenvalue weighted by molar-refractivity contribution is 7.90. The average molecular weight is 350 g/mol. The summed E-state index contributed by atoms with van der Waals surface area (Å²) in [6.07, 6.45) is -4.05. The van der Waals surface area contributed by atoms with Crippen molar-refractivity contribution >= 4 is 20.0 Å². The Kier molecular flexibility index (Phi) is 4.98. The van der Waals surface area contributed by atoms with Crippen LogP contribution in [0.1, 0.15) is 0 Å². The number of sulfonamides is 2. The summed E-state index contributed by atoms with van der Waals surface area (Å²) < 4.78 is 95.9. The zero-order chi connectivity index (χ0) is 16.5. The maximum atomic E-state index is 12.7. The molecule has 0 aliphatic carbocycles. The van der Waals surface area contributed by atoms with Crippen LogP contribution in [0.25, 0.3) is 0 Å². The van der Waals surface area contributed by atoms with E-state index in [0.717, 1.165) is 18.2 Å². The van der Waals surface area contributed by atoms with Gasteiger partial charge in [0.25, 0.3) is 0 Å². The first kappa shape index (κ1) is 17.8. The number of hydrogen-bond donors (Lipinski definition) is 2. The first-order valence-electron chi connectivity index (χ1n) is 5.15. The van der Waals surface area contributed by atoms with Crippen molar-refractivity contribution in [3.05, 3.63) is 24.3 Å². The summed E-state index contributed by atoms with van der Waals surface area (Å²) >= 11 is 0. The largest absolute Gasteiger partial charge is 0.320 e. The van der Waals surface area contributed by atoms with E-state index in [2.05, 4.69) is 0 Å². The number of nitrogens with two attached hydrogens (primary N) is 1. The van der Waals surface area contributed by atoms with Crippen molar-refractivity contribution in [3.8, 4) is 0 Å². The summed E-state index contributed by atoms with van der Waals surface area (Å²) in [7, 11) is -8.80. The highest BCUT2D eigenvalue weighted by Crippen LogP contribution is 2.22. The Balaban J connectivity index is 3.05. The molecule has 0 atom stereocenters. The molecule has 1 aromatic rings. The highest BCUT2D eigenvalue weighted by Gasteiger charge is 2.41. The lowest BCUT2D eigenvalue weighted by atomic mass is 10.4. The fourth-order valence-corrected chi connectivity index (χ4v) is 2.89. The third-order valence-electron chi connectivity index (χ3n) is 2.26. The summed E-state index contributed by atoms with van der Waals surface area (Å²) in [5.74, 6) is -4.55. The minimum Gasteiger partial charge on any atom is -0.225 e. The quantitative estimate of drug-likeness (QED) is 0.729. The van der Waals surface area contributed by atoms with Gasteiger partial charge in [0.05, 0.1) is 16.3 Å².